The Morgan fingerprint density at radius 3 is 3.04 bits per heavy atom. The standard InChI is InChI=1S/C19H21N3O/c23-17-13-16(15-5-4-11-21-18(15)22-17)19(8-2-1-3-9-19)10-12-20-14-6-7-14/h1-5,8,11,13-14,20H,6-7,9-10,12H2,(H,21,22,23). The second kappa shape index (κ2) is 5.78. The van der Waals surface area contributed by atoms with Crippen molar-refractivity contribution in [2.75, 3.05) is 6.54 Å². The van der Waals surface area contributed by atoms with Gasteiger partial charge < -0.3 is 10.3 Å². The van der Waals surface area contributed by atoms with Gasteiger partial charge in [-0.2, -0.15) is 0 Å². The molecule has 1 atom stereocenters. The Labute approximate surface area is 135 Å². The fraction of sp³-hybridized carbons (Fsp3) is 0.368. The number of rotatable bonds is 5. The summed E-state index contributed by atoms with van der Waals surface area (Å²) in [5.74, 6) is 0. The lowest BCUT2D eigenvalue weighted by Crippen LogP contribution is -2.32. The van der Waals surface area contributed by atoms with Crippen molar-refractivity contribution in [3.63, 3.8) is 0 Å². The van der Waals surface area contributed by atoms with E-state index in [1.807, 2.05) is 6.07 Å². The Kier molecular flexibility index (Phi) is 3.62. The van der Waals surface area contributed by atoms with Gasteiger partial charge in [0.25, 0.3) is 0 Å². The molecule has 118 valence electrons. The highest BCUT2D eigenvalue weighted by Crippen LogP contribution is 2.38. The summed E-state index contributed by atoms with van der Waals surface area (Å²) < 4.78 is 0. The second-order valence-corrected chi connectivity index (χ2v) is 6.57. The maximum absolute atomic E-state index is 12.1. The third kappa shape index (κ3) is 2.86. The van der Waals surface area contributed by atoms with Gasteiger partial charge in [-0.1, -0.05) is 24.3 Å². The first kappa shape index (κ1) is 14.4. The topological polar surface area (TPSA) is 57.8 Å². The number of allylic oxidation sites excluding steroid dienone is 4. The van der Waals surface area contributed by atoms with Gasteiger partial charge in [-0.15, -0.1) is 0 Å². The van der Waals surface area contributed by atoms with E-state index in [-0.39, 0.29) is 11.0 Å². The van der Waals surface area contributed by atoms with Crippen LogP contribution in [-0.4, -0.2) is 22.6 Å². The third-order valence-electron chi connectivity index (χ3n) is 4.88. The SMILES string of the molecule is O=c1cc(C2(CCNC3CC3)C=CC=CC2)c2cccnc2[nH]1. The zero-order chi connectivity index (χ0) is 15.7. The summed E-state index contributed by atoms with van der Waals surface area (Å²) in [5.41, 5.74) is 1.55. The minimum absolute atomic E-state index is 0.0799. The van der Waals surface area contributed by atoms with E-state index in [0.29, 0.717) is 11.7 Å². The van der Waals surface area contributed by atoms with E-state index in [1.165, 1.54) is 12.8 Å². The van der Waals surface area contributed by atoms with Crippen LogP contribution in [0.5, 0.6) is 0 Å². The van der Waals surface area contributed by atoms with Gasteiger partial charge in [0.15, 0.2) is 0 Å². The minimum atomic E-state index is -0.133. The van der Waals surface area contributed by atoms with Crippen LogP contribution in [0.4, 0.5) is 0 Å². The van der Waals surface area contributed by atoms with Crippen molar-refractivity contribution in [2.45, 2.75) is 37.1 Å². The second-order valence-electron chi connectivity index (χ2n) is 6.57. The number of fused-ring (bicyclic) bond motifs is 1. The first-order valence-electron chi connectivity index (χ1n) is 8.33. The summed E-state index contributed by atoms with van der Waals surface area (Å²) in [4.78, 5) is 19.3. The van der Waals surface area contributed by atoms with E-state index in [2.05, 4.69) is 45.7 Å². The molecule has 1 unspecified atom stereocenters. The third-order valence-corrected chi connectivity index (χ3v) is 4.88. The number of H-pyrrole nitrogens is 1. The van der Waals surface area contributed by atoms with Crippen molar-refractivity contribution in [1.82, 2.24) is 15.3 Å². The van der Waals surface area contributed by atoms with Crippen LogP contribution in [0.2, 0.25) is 0 Å². The molecule has 0 aliphatic heterocycles. The van der Waals surface area contributed by atoms with Gasteiger partial charge in [-0.05, 0) is 49.9 Å². The Balaban J connectivity index is 1.77. The Morgan fingerprint density at radius 2 is 2.26 bits per heavy atom. The molecule has 2 N–H and O–H groups in total. The summed E-state index contributed by atoms with van der Waals surface area (Å²) in [6, 6.07) is 6.44. The monoisotopic (exact) mass is 307 g/mol. The largest absolute Gasteiger partial charge is 0.314 e. The predicted molar refractivity (Wildman–Crippen MR) is 92.6 cm³/mol. The highest BCUT2D eigenvalue weighted by Gasteiger charge is 2.32. The normalized spacial score (nSPS) is 23.5. The van der Waals surface area contributed by atoms with Crippen LogP contribution in [0.3, 0.4) is 0 Å². The Hall–Kier alpha value is -2.20. The van der Waals surface area contributed by atoms with E-state index in [9.17, 15) is 4.79 Å². The summed E-state index contributed by atoms with van der Waals surface area (Å²) in [6.07, 6.45) is 14.8. The van der Waals surface area contributed by atoms with Crippen molar-refractivity contribution in [3.8, 4) is 0 Å². The van der Waals surface area contributed by atoms with Crippen LogP contribution in [0.25, 0.3) is 11.0 Å². The summed E-state index contributed by atoms with van der Waals surface area (Å²) >= 11 is 0. The molecule has 2 aromatic heterocycles. The molecule has 4 nitrogen and oxygen atoms in total. The molecular formula is C19H21N3O. The number of hydrogen-bond donors (Lipinski definition) is 2. The van der Waals surface area contributed by atoms with Gasteiger partial charge >= 0.3 is 0 Å². The smallest absolute Gasteiger partial charge is 0.249 e. The van der Waals surface area contributed by atoms with Crippen molar-refractivity contribution >= 4 is 11.0 Å². The van der Waals surface area contributed by atoms with Crippen molar-refractivity contribution in [2.24, 2.45) is 0 Å². The van der Waals surface area contributed by atoms with Gasteiger partial charge in [0, 0.05) is 29.1 Å². The van der Waals surface area contributed by atoms with Crippen molar-refractivity contribution in [3.05, 3.63) is 64.6 Å². The molecule has 2 heterocycles. The zero-order valence-electron chi connectivity index (χ0n) is 13.1. The fourth-order valence-electron chi connectivity index (χ4n) is 3.47. The molecule has 0 saturated heterocycles. The van der Waals surface area contributed by atoms with Crippen LogP contribution in [0.15, 0.2) is 53.5 Å². The molecule has 0 spiro atoms. The molecule has 4 rings (SSSR count). The lowest BCUT2D eigenvalue weighted by molar-refractivity contribution is 0.469. The number of aromatic nitrogens is 2. The lowest BCUT2D eigenvalue weighted by atomic mass is 9.72. The quantitative estimate of drug-likeness (QED) is 0.893. The van der Waals surface area contributed by atoms with E-state index in [0.717, 1.165) is 30.3 Å². The zero-order valence-corrected chi connectivity index (χ0v) is 13.1. The van der Waals surface area contributed by atoms with Crippen LogP contribution in [0, 0.1) is 0 Å². The van der Waals surface area contributed by atoms with Crippen molar-refractivity contribution < 1.29 is 0 Å². The first-order valence-corrected chi connectivity index (χ1v) is 8.33. The highest BCUT2D eigenvalue weighted by atomic mass is 16.1. The molecule has 0 aromatic carbocycles. The Morgan fingerprint density at radius 1 is 1.35 bits per heavy atom. The minimum Gasteiger partial charge on any atom is -0.314 e. The number of hydrogen-bond acceptors (Lipinski definition) is 3. The summed E-state index contributed by atoms with van der Waals surface area (Å²) in [7, 11) is 0. The average Bonchev–Trinajstić information content (AvgIpc) is 3.39. The van der Waals surface area contributed by atoms with Crippen LogP contribution in [0.1, 0.15) is 31.2 Å². The predicted octanol–water partition coefficient (Wildman–Crippen LogP) is 2.82. The molecule has 0 radical (unpaired) electrons. The molecule has 23 heavy (non-hydrogen) atoms. The summed E-state index contributed by atoms with van der Waals surface area (Å²) in [6.45, 7) is 0.970. The van der Waals surface area contributed by atoms with Crippen LogP contribution < -0.4 is 10.9 Å². The van der Waals surface area contributed by atoms with Gasteiger partial charge in [-0.25, -0.2) is 4.98 Å². The molecule has 2 aliphatic carbocycles. The molecule has 1 saturated carbocycles. The van der Waals surface area contributed by atoms with Crippen LogP contribution in [-0.2, 0) is 5.41 Å². The van der Waals surface area contributed by atoms with E-state index in [1.54, 1.807) is 12.3 Å². The van der Waals surface area contributed by atoms with E-state index >= 15 is 0 Å². The van der Waals surface area contributed by atoms with Gasteiger partial charge in [0.05, 0.1) is 0 Å². The Bertz CT molecular complexity index is 832. The van der Waals surface area contributed by atoms with Gasteiger partial charge in [-0.3, -0.25) is 4.79 Å². The van der Waals surface area contributed by atoms with Gasteiger partial charge in [0.1, 0.15) is 5.65 Å². The summed E-state index contributed by atoms with van der Waals surface area (Å²) in [5, 5.41) is 4.64. The van der Waals surface area contributed by atoms with Crippen molar-refractivity contribution in [1.29, 1.82) is 0 Å². The molecule has 2 aliphatic rings. The maximum atomic E-state index is 12.1. The van der Waals surface area contributed by atoms with Crippen LogP contribution >= 0.6 is 0 Å². The molecular weight excluding hydrogens is 286 g/mol. The van der Waals surface area contributed by atoms with E-state index in [4.69, 9.17) is 0 Å². The first-order chi connectivity index (χ1) is 11.3. The number of nitrogens with zero attached hydrogens (tertiary/aromatic N) is 1. The molecule has 0 bridgehead atoms. The molecule has 0 amide bonds. The fourth-order valence-corrected chi connectivity index (χ4v) is 3.47. The molecule has 2 aromatic rings. The van der Waals surface area contributed by atoms with E-state index < -0.39 is 0 Å². The number of aromatic amines is 1. The average molecular weight is 307 g/mol. The number of pyridine rings is 2. The molecule has 4 heteroatoms. The highest BCUT2D eigenvalue weighted by molar-refractivity contribution is 5.80. The maximum Gasteiger partial charge on any atom is 0.249 e. The van der Waals surface area contributed by atoms with Gasteiger partial charge in [0.2, 0.25) is 5.56 Å². The number of nitrogens with one attached hydrogen (secondary N) is 2. The lowest BCUT2D eigenvalue weighted by Gasteiger charge is -2.33. The molecule has 1 fully saturated rings.